The second-order valence-corrected chi connectivity index (χ2v) is 6.39. The quantitative estimate of drug-likeness (QED) is 0.733. The van der Waals surface area contributed by atoms with Crippen molar-refractivity contribution in [2.75, 3.05) is 0 Å². The van der Waals surface area contributed by atoms with Gasteiger partial charge in [0.1, 0.15) is 10.8 Å². The number of phenolic OH excluding ortho intramolecular Hbond substituents is 1. The minimum Gasteiger partial charge on any atom is -0.506 e. The lowest BCUT2D eigenvalue weighted by Gasteiger charge is -1.99. The molecule has 3 aromatic rings. The lowest BCUT2D eigenvalue weighted by Crippen LogP contribution is -1.91. The van der Waals surface area contributed by atoms with E-state index in [1.54, 1.807) is 23.6 Å². The normalized spacial score (nSPS) is 10.7. The molecule has 3 rings (SSSR count). The van der Waals surface area contributed by atoms with Crippen molar-refractivity contribution in [2.45, 2.75) is 0 Å². The first-order chi connectivity index (χ1) is 10.0. The van der Waals surface area contributed by atoms with Crippen LogP contribution in [0.2, 0.25) is 5.02 Å². The molecule has 2 aromatic heterocycles. The van der Waals surface area contributed by atoms with Crippen molar-refractivity contribution in [3.63, 3.8) is 0 Å². The summed E-state index contributed by atoms with van der Waals surface area (Å²) in [6.45, 7) is 0. The molecule has 106 valence electrons. The highest BCUT2D eigenvalue weighted by Crippen LogP contribution is 2.34. The second kappa shape index (κ2) is 5.48. The van der Waals surface area contributed by atoms with Gasteiger partial charge in [-0.25, -0.2) is 9.78 Å². The zero-order valence-corrected chi connectivity index (χ0v) is 12.8. The van der Waals surface area contributed by atoms with Gasteiger partial charge in [-0.15, -0.1) is 22.7 Å². The Bertz CT molecular complexity index is 825. The number of aromatic hydroxyl groups is 1. The van der Waals surface area contributed by atoms with Crippen LogP contribution in [0, 0.1) is 0 Å². The van der Waals surface area contributed by atoms with Crippen molar-refractivity contribution in [2.24, 2.45) is 0 Å². The molecule has 0 aliphatic carbocycles. The highest BCUT2D eigenvalue weighted by atomic mass is 35.5. The molecule has 0 amide bonds. The van der Waals surface area contributed by atoms with Gasteiger partial charge in [0.25, 0.3) is 0 Å². The maximum Gasteiger partial charge on any atom is 0.336 e. The fourth-order valence-corrected chi connectivity index (χ4v) is 3.66. The van der Waals surface area contributed by atoms with Crippen LogP contribution in [-0.2, 0) is 0 Å². The molecule has 0 atom stereocenters. The third kappa shape index (κ3) is 2.78. The zero-order chi connectivity index (χ0) is 15.0. The lowest BCUT2D eigenvalue weighted by molar-refractivity contribution is 0.0697. The SMILES string of the molecule is O=C(O)c1csc(-c2csc(-c3ccc(O)c(Cl)c3)n2)c1. The van der Waals surface area contributed by atoms with Gasteiger partial charge in [0.05, 0.1) is 21.2 Å². The minimum absolute atomic E-state index is 0.0292. The molecule has 0 aliphatic rings. The molecule has 0 aliphatic heterocycles. The molecule has 0 fully saturated rings. The fraction of sp³-hybridized carbons (Fsp3) is 0. The third-order valence-electron chi connectivity index (χ3n) is 2.80. The van der Waals surface area contributed by atoms with E-state index in [0.29, 0.717) is 0 Å². The van der Waals surface area contributed by atoms with Gasteiger partial charge in [0.2, 0.25) is 0 Å². The summed E-state index contributed by atoms with van der Waals surface area (Å²) in [6, 6.07) is 6.51. The molecule has 21 heavy (non-hydrogen) atoms. The molecule has 0 bridgehead atoms. The molecule has 0 saturated heterocycles. The first kappa shape index (κ1) is 14.1. The van der Waals surface area contributed by atoms with Crippen LogP contribution in [0.5, 0.6) is 5.75 Å². The Balaban J connectivity index is 1.95. The van der Waals surface area contributed by atoms with Gasteiger partial charge in [-0.1, -0.05) is 11.6 Å². The number of carboxylic acid groups (broad SMARTS) is 1. The number of thiazole rings is 1. The zero-order valence-electron chi connectivity index (χ0n) is 10.4. The molecule has 0 spiro atoms. The molecule has 7 heteroatoms. The largest absolute Gasteiger partial charge is 0.506 e. The van der Waals surface area contributed by atoms with E-state index in [4.69, 9.17) is 16.7 Å². The Morgan fingerprint density at radius 1 is 1.19 bits per heavy atom. The lowest BCUT2D eigenvalue weighted by atomic mass is 10.2. The number of nitrogens with zero attached hydrogens (tertiary/aromatic N) is 1. The first-order valence-electron chi connectivity index (χ1n) is 5.81. The predicted molar refractivity (Wildman–Crippen MR) is 84.5 cm³/mol. The Hall–Kier alpha value is -1.89. The van der Waals surface area contributed by atoms with E-state index in [9.17, 15) is 9.90 Å². The molecule has 0 unspecified atom stereocenters. The van der Waals surface area contributed by atoms with Crippen molar-refractivity contribution in [3.8, 4) is 26.9 Å². The summed E-state index contributed by atoms with van der Waals surface area (Å²) < 4.78 is 0. The smallest absolute Gasteiger partial charge is 0.336 e. The minimum atomic E-state index is -0.946. The standard InChI is InChI=1S/C14H8ClNO3S2/c15-9-3-7(1-2-11(9)17)13-16-10(6-21-13)12-4-8(5-20-12)14(18)19/h1-6,17H,(H,18,19). The van der Waals surface area contributed by atoms with Crippen molar-refractivity contribution in [1.29, 1.82) is 0 Å². The van der Waals surface area contributed by atoms with Crippen LogP contribution >= 0.6 is 34.3 Å². The van der Waals surface area contributed by atoms with Crippen LogP contribution in [0.25, 0.3) is 21.1 Å². The van der Waals surface area contributed by atoms with Gasteiger partial charge in [0, 0.05) is 16.3 Å². The Labute approximate surface area is 132 Å². The van der Waals surface area contributed by atoms with E-state index in [0.717, 1.165) is 21.1 Å². The Morgan fingerprint density at radius 3 is 2.67 bits per heavy atom. The highest BCUT2D eigenvalue weighted by molar-refractivity contribution is 7.15. The van der Waals surface area contributed by atoms with Crippen LogP contribution in [0.1, 0.15) is 10.4 Å². The van der Waals surface area contributed by atoms with Gasteiger partial charge in [-0.05, 0) is 24.3 Å². The number of benzene rings is 1. The topological polar surface area (TPSA) is 70.4 Å². The maximum atomic E-state index is 10.9. The molecule has 0 saturated carbocycles. The van der Waals surface area contributed by atoms with Crippen LogP contribution in [-0.4, -0.2) is 21.2 Å². The molecule has 2 heterocycles. The van der Waals surface area contributed by atoms with E-state index in [2.05, 4.69) is 4.98 Å². The van der Waals surface area contributed by atoms with Crippen molar-refractivity contribution in [1.82, 2.24) is 4.98 Å². The summed E-state index contributed by atoms with van der Waals surface area (Å²) in [5.74, 6) is -0.917. The summed E-state index contributed by atoms with van der Waals surface area (Å²) in [4.78, 5) is 16.2. The number of hydrogen-bond acceptors (Lipinski definition) is 5. The van der Waals surface area contributed by atoms with E-state index in [1.165, 1.54) is 28.7 Å². The molecule has 0 radical (unpaired) electrons. The number of rotatable bonds is 3. The molecular formula is C14H8ClNO3S2. The molecule has 2 N–H and O–H groups in total. The number of carbonyl (C=O) groups is 1. The Kier molecular flexibility index (Phi) is 3.67. The fourth-order valence-electron chi connectivity index (χ4n) is 1.74. The summed E-state index contributed by atoms with van der Waals surface area (Å²) >= 11 is 8.67. The van der Waals surface area contributed by atoms with Crippen LogP contribution in [0.4, 0.5) is 0 Å². The van der Waals surface area contributed by atoms with Gasteiger partial charge < -0.3 is 10.2 Å². The summed E-state index contributed by atoms with van der Waals surface area (Å²) in [5, 5.41) is 22.9. The van der Waals surface area contributed by atoms with E-state index < -0.39 is 5.97 Å². The van der Waals surface area contributed by atoms with E-state index in [1.807, 2.05) is 5.38 Å². The summed E-state index contributed by atoms with van der Waals surface area (Å²) in [7, 11) is 0. The van der Waals surface area contributed by atoms with E-state index >= 15 is 0 Å². The number of phenols is 1. The number of hydrogen-bond donors (Lipinski definition) is 2. The van der Waals surface area contributed by atoms with Crippen molar-refractivity contribution in [3.05, 3.63) is 45.6 Å². The first-order valence-corrected chi connectivity index (χ1v) is 7.95. The third-order valence-corrected chi connectivity index (χ3v) is 4.94. The number of carboxylic acids is 1. The van der Waals surface area contributed by atoms with Crippen molar-refractivity contribution < 1.29 is 15.0 Å². The highest BCUT2D eigenvalue weighted by Gasteiger charge is 2.12. The Morgan fingerprint density at radius 2 is 2.00 bits per heavy atom. The molecular weight excluding hydrogens is 330 g/mol. The average molecular weight is 338 g/mol. The van der Waals surface area contributed by atoms with Gasteiger partial charge in [-0.2, -0.15) is 0 Å². The van der Waals surface area contributed by atoms with Crippen molar-refractivity contribution >= 4 is 40.2 Å². The molecule has 1 aromatic carbocycles. The number of aromatic carboxylic acids is 1. The number of thiophene rings is 1. The number of aromatic nitrogens is 1. The van der Waals surface area contributed by atoms with Crippen LogP contribution in [0.15, 0.2) is 35.0 Å². The van der Waals surface area contributed by atoms with Crippen LogP contribution in [0.3, 0.4) is 0 Å². The predicted octanol–water partition coefficient (Wildman–Crippen LogP) is 4.60. The van der Waals surface area contributed by atoms with Gasteiger partial charge in [-0.3, -0.25) is 0 Å². The average Bonchev–Trinajstić information content (AvgIpc) is 3.09. The van der Waals surface area contributed by atoms with Crippen LogP contribution < -0.4 is 0 Å². The number of halogens is 1. The maximum absolute atomic E-state index is 10.9. The molecule has 4 nitrogen and oxygen atoms in total. The monoisotopic (exact) mass is 337 g/mol. The summed E-state index contributed by atoms with van der Waals surface area (Å²) in [6.07, 6.45) is 0. The van der Waals surface area contributed by atoms with Gasteiger partial charge in [0.15, 0.2) is 0 Å². The second-order valence-electron chi connectivity index (χ2n) is 4.21. The summed E-state index contributed by atoms with van der Waals surface area (Å²) in [5.41, 5.74) is 1.80. The van der Waals surface area contributed by atoms with E-state index in [-0.39, 0.29) is 16.3 Å². The van der Waals surface area contributed by atoms with Gasteiger partial charge >= 0.3 is 5.97 Å².